The molecule has 1 aromatic heterocycles. The second-order valence-electron chi connectivity index (χ2n) is 5.42. The van der Waals surface area contributed by atoms with Gasteiger partial charge in [-0.25, -0.2) is 0 Å². The van der Waals surface area contributed by atoms with Crippen LogP contribution >= 0.6 is 11.3 Å². The van der Waals surface area contributed by atoms with E-state index in [-0.39, 0.29) is 6.10 Å². The van der Waals surface area contributed by atoms with E-state index in [1.54, 1.807) is 18.4 Å². The molecule has 21 heavy (non-hydrogen) atoms. The third kappa shape index (κ3) is 3.39. The van der Waals surface area contributed by atoms with Crippen LogP contribution in [0.3, 0.4) is 0 Å². The maximum Gasteiger partial charge on any atom is 0.124 e. The van der Waals surface area contributed by atoms with Gasteiger partial charge in [0.25, 0.3) is 0 Å². The highest BCUT2D eigenvalue weighted by Crippen LogP contribution is 2.30. The van der Waals surface area contributed by atoms with Crippen molar-refractivity contribution >= 4 is 11.3 Å². The third-order valence-corrected chi connectivity index (χ3v) is 4.59. The summed E-state index contributed by atoms with van der Waals surface area (Å²) in [7, 11) is 1.71. The molecule has 0 amide bonds. The summed E-state index contributed by atoms with van der Waals surface area (Å²) in [4.78, 5) is 2.46. The lowest BCUT2D eigenvalue weighted by Crippen LogP contribution is -2.31. The maximum absolute atomic E-state index is 6.16. The van der Waals surface area contributed by atoms with Crippen molar-refractivity contribution in [2.24, 2.45) is 0 Å². The zero-order valence-electron chi connectivity index (χ0n) is 12.5. The minimum atomic E-state index is 0.248. The number of hydrogen-bond donors (Lipinski definition) is 0. The Hall–Kier alpha value is -1.52. The number of fused-ring (bicyclic) bond motifs is 1. The second kappa shape index (κ2) is 6.50. The quantitative estimate of drug-likeness (QED) is 0.854. The molecule has 1 aliphatic heterocycles. The zero-order valence-corrected chi connectivity index (χ0v) is 13.4. The molecule has 0 bridgehead atoms. The Balaban J connectivity index is 1.85. The smallest absolute Gasteiger partial charge is 0.124 e. The van der Waals surface area contributed by atoms with Gasteiger partial charge in [0.05, 0.1) is 7.11 Å². The van der Waals surface area contributed by atoms with Crippen LogP contribution in [0.2, 0.25) is 0 Å². The van der Waals surface area contributed by atoms with E-state index >= 15 is 0 Å². The molecule has 3 nitrogen and oxygen atoms in total. The molecule has 0 saturated carbocycles. The molecule has 1 aliphatic rings. The molecule has 1 aromatic carbocycles. The van der Waals surface area contributed by atoms with Gasteiger partial charge >= 0.3 is 0 Å². The van der Waals surface area contributed by atoms with Crippen LogP contribution in [0.5, 0.6) is 11.5 Å². The molecule has 2 heterocycles. The summed E-state index contributed by atoms with van der Waals surface area (Å²) < 4.78 is 11.5. The van der Waals surface area contributed by atoms with Gasteiger partial charge < -0.3 is 9.47 Å². The summed E-state index contributed by atoms with van der Waals surface area (Å²) in [6.07, 6.45) is 1.27. The van der Waals surface area contributed by atoms with Crippen LogP contribution < -0.4 is 9.47 Å². The number of ether oxygens (including phenoxy) is 2. The number of thiophene rings is 1. The number of benzene rings is 1. The van der Waals surface area contributed by atoms with Crippen molar-refractivity contribution in [3.8, 4) is 11.5 Å². The molecule has 0 saturated heterocycles. The summed E-state index contributed by atoms with van der Waals surface area (Å²) in [5, 5.41) is 4.36. The van der Waals surface area contributed by atoms with E-state index in [9.17, 15) is 0 Å². The molecule has 0 spiro atoms. The minimum absolute atomic E-state index is 0.248. The van der Waals surface area contributed by atoms with Gasteiger partial charge in [-0.1, -0.05) is 6.92 Å². The zero-order chi connectivity index (χ0) is 14.7. The Morgan fingerprint density at radius 3 is 3.00 bits per heavy atom. The van der Waals surface area contributed by atoms with Crippen molar-refractivity contribution in [2.45, 2.75) is 32.5 Å². The topological polar surface area (TPSA) is 21.7 Å². The van der Waals surface area contributed by atoms with Crippen LogP contribution in [-0.4, -0.2) is 24.7 Å². The van der Waals surface area contributed by atoms with Crippen molar-refractivity contribution in [3.63, 3.8) is 0 Å². The lowest BCUT2D eigenvalue weighted by molar-refractivity contribution is 0.139. The van der Waals surface area contributed by atoms with Gasteiger partial charge in [-0.2, -0.15) is 11.3 Å². The van der Waals surface area contributed by atoms with Crippen LogP contribution in [-0.2, 0) is 13.1 Å². The predicted molar refractivity (Wildman–Crippen MR) is 86.1 cm³/mol. The van der Waals surface area contributed by atoms with Crippen molar-refractivity contribution in [3.05, 3.63) is 46.2 Å². The monoisotopic (exact) mass is 303 g/mol. The summed E-state index contributed by atoms with van der Waals surface area (Å²) in [6.45, 7) is 5.02. The Morgan fingerprint density at radius 2 is 2.29 bits per heavy atom. The summed E-state index contributed by atoms with van der Waals surface area (Å²) in [5.74, 6) is 1.89. The molecule has 1 unspecified atom stereocenters. The molecular weight excluding hydrogens is 282 g/mol. The number of hydrogen-bond acceptors (Lipinski definition) is 4. The summed E-state index contributed by atoms with van der Waals surface area (Å²) in [5.41, 5.74) is 2.58. The first-order chi connectivity index (χ1) is 10.3. The van der Waals surface area contributed by atoms with Crippen LogP contribution in [0.25, 0.3) is 0 Å². The molecule has 0 fully saturated rings. The Kier molecular flexibility index (Phi) is 4.46. The normalized spacial score (nSPS) is 18.7. The average molecular weight is 303 g/mol. The van der Waals surface area contributed by atoms with E-state index in [1.165, 1.54) is 11.1 Å². The van der Waals surface area contributed by atoms with Crippen LogP contribution in [0.15, 0.2) is 35.0 Å². The summed E-state index contributed by atoms with van der Waals surface area (Å²) in [6, 6.07) is 8.29. The van der Waals surface area contributed by atoms with Crippen LogP contribution in [0.1, 0.15) is 24.5 Å². The second-order valence-corrected chi connectivity index (χ2v) is 6.20. The molecule has 112 valence electrons. The van der Waals surface area contributed by atoms with E-state index in [2.05, 4.69) is 34.7 Å². The molecule has 4 heteroatoms. The molecule has 1 atom stereocenters. The van der Waals surface area contributed by atoms with E-state index in [1.807, 2.05) is 12.1 Å². The number of methoxy groups -OCH3 is 1. The van der Waals surface area contributed by atoms with Gasteiger partial charge in [0, 0.05) is 25.2 Å². The molecule has 2 aromatic rings. The van der Waals surface area contributed by atoms with Gasteiger partial charge in [0.1, 0.15) is 17.6 Å². The fraction of sp³-hybridized carbons (Fsp3) is 0.412. The van der Waals surface area contributed by atoms with Crippen LogP contribution in [0, 0.1) is 0 Å². The van der Waals surface area contributed by atoms with E-state index in [4.69, 9.17) is 9.47 Å². The molecule has 0 radical (unpaired) electrons. The SMILES string of the molecule is CCC1CN(Cc2ccsc2)Cc2cc(OC)ccc2O1. The maximum atomic E-state index is 6.16. The fourth-order valence-electron chi connectivity index (χ4n) is 2.71. The Labute approximate surface area is 130 Å². The molecule has 0 aliphatic carbocycles. The first-order valence-corrected chi connectivity index (χ1v) is 8.29. The Morgan fingerprint density at radius 1 is 1.38 bits per heavy atom. The van der Waals surface area contributed by atoms with E-state index in [0.29, 0.717) is 0 Å². The molecule has 3 rings (SSSR count). The van der Waals surface area contributed by atoms with Crippen molar-refractivity contribution in [2.75, 3.05) is 13.7 Å². The highest BCUT2D eigenvalue weighted by molar-refractivity contribution is 7.07. The van der Waals surface area contributed by atoms with Gasteiger partial charge in [-0.3, -0.25) is 4.90 Å². The van der Waals surface area contributed by atoms with Gasteiger partial charge in [0.15, 0.2) is 0 Å². The third-order valence-electron chi connectivity index (χ3n) is 3.86. The fourth-order valence-corrected chi connectivity index (χ4v) is 3.37. The van der Waals surface area contributed by atoms with Gasteiger partial charge in [-0.05, 0) is 47.0 Å². The highest BCUT2D eigenvalue weighted by atomic mass is 32.1. The van der Waals surface area contributed by atoms with Crippen molar-refractivity contribution < 1.29 is 9.47 Å². The van der Waals surface area contributed by atoms with Crippen molar-refractivity contribution in [1.29, 1.82) is 0 Å². The lowest BCUT2D eigenvalue weighted by Gasteiger charge is -2.22. The minimum Gasteiger partial charge on any atom is -0.497 e. The van der Waals surface area contributed by atoms with Gasteiger partial charge in [-0.15, -0.1) is 0 Å². The highest BCUT2D eigenvalue weighted by Gasteiger charge is 2.22. The predicted octanol–water partition coefficient (Wildman–Crippen LogP) is 3.93. The van der Waals surface area contributed by atoms with E-state index < -0.39 is 0 Å². The number of rotatable bonds is 4. The van der Waals surface area contributed by atoms with Crippen LogP contribution in [0.4, 0.5) is 0 Å². The first kappa shape index (κ1) is 14.4. The average Bonchev–Trinajstić information content (AvgIpc) is 2.93. The lowest BCUT2D eigenvalue weighted by atomic mass is 10.1. The van der Waals surface area contributed by atoms with Gasteiger partial charge in [0.2, 0.25) is 0 Å². The van der Waals surface area contributed by atoms with E-state index in [0.717, 1.165) is 37.6 Å². The standard InChI is InChI=1S/C17H21NO2S/c1-3-15-11-18(9-13-6-7-21-12-13)10-14-8-16(19-2)4-5-17(14)20-15/h4-8,12,15H,3,9-11H2,1-2H3. The molecular formula is C17H21NO2S. The first-order valence-electron chi connectivity index (χ1n) is 7.35. The summed E-state index contributed by atoms with van der Waals surface area (Å²) >= 11 is 1.75. The van der Waals surface area contributed by atoms with Crippen molar-refractivity contribution in [1.82, 2.24) is 4.90 Å². The largest absolute Gasteiger partial charge is 0.497 e. The number of nitrogens with zero attached hydrogens (tertiary/aromatic N) is 1. The Bertz CT molecular complexity index is 582. The molecule has 0 N–H and O–H groups in total.